The highest BCUT2D eigenvalue weighted by Gasteiger charge is 2.29. The van der Waals surface area contributed by atoms with Gasteiger partial charge in [-0.15, -0.1) is 0 Å². The maximum absolute atomic E-state index is 12.4. The van der Waals surface area contributed by atoms with Gasteiger partial charge in [-0.1, -0.05) is 24.6 Å². The Kier molecular flexibility index (Phi) is 4.73. The van der Waals surface area contributed by atoms with Gasteiger partial charge in [-0.05, 0) is 38.1 Å². The lowest BCUT2D eigenvalue weighted by Gasteiger charge is -2.27. The Balaban J connectivity index is 1.53. The van der Waals surface area contributed by atoms with E-state index in [0.29, 0.717) is 31.9 Å². The number of carbonyl (C=O) groups is 2. The second-order valence-corrected chi connectivity index (χ2v) is 6.07. The van der Waals surface area contributed by atoms with E-state index in [2.05, 4.69) is 4.90 Å². The molecular formula is C17H23N3O2. The summed E-state index contributed by atoms with van der Waals surface area (Å²) in [5.41, 5.74) is 0.688. The van der Waals surface area contributed by atoms with Crippen LogP contribution < -0.4 is 0 Å². The summed E-state index contributed by atoms with van der Waals surface area (Å²) in [6.45, 7) is 4.22. The lowest BCUT2D eigenvalue weighted by atomic mass is 10.1. The molecule has 0 atom stereocenters. The van der Waals surface area contributed by atoms with Gasteiger partial charge in [0.15, 0.2) is 0 Å². The minimum atomic E-state index is 0.00822. The van der Waals surface area contributed by atoms with Gasteiger partial charge >= 0.3 is 0 Å². The standard InChI is InChI=1S/C17H23N3O2/c21-16(13-18-9-5-2-6-10-18)19-11-12-20(14-19)17(22)15-7-3-1-4-8-15/h1,3-4,7-8H,2,5-6,9-14H2. The Labute approximate surface area is 131 Å². The van der Waals surface area contributed by atoms with Crippen LogP contribution in [-0.2, 0) is 4.79 Å². The summed E-state index contributed by atoms with van der Waals surface area (Å²) in [6, 6.07) is 9.27. The molecule has 0 aromatic heterocycles. The van der Waals surface area contributed by atoms with Gasteiger partial charge in [-0.3, -0.25) is 14.5 Å². The van der Waals surface area contributed by atoms with Crippen LogP contribution in [0.4, 0.5) is 0 Å². The monoisotopic (exact) mass is 301 g/mol. The van der Waals surface area contributed by atoms with Crippen LogP contribution in [0.5, 0.6) is 0 Å². The van der Waals surface area contributed by atoms with Crippen molar-refractivity contribution < 1.29 is 9.59 Å². The van der Waals surface area contributed by atoms with E-state index in [4.69, 9.17) is 0 Å². The molecule has 0 unspecified atom stereocenters. The number of carbonyl (C=O) groups excluding carboxylic acids is 2. The number of nitrogens with zero attached hydrogens (tertiary/aromatic N) is 3. The van der Waals surface area contributed by atoms with Crippen LogP contribution in [0.2, 0.25) is 0 Å². The van der Waals surface area contributed by atoms with Crippen molar-refractivity contribution in [2.45, 2.75) is 19.3 Å². The van der Waals surface area contributed by atoms with E-state index in [1.54, 1.807) is 9.80 Å². The second-order valence-electron chi connectivity index (χ2n) is 6.07. The molecule has 2 heterocycles. The van der Waals surface area contributed by atoms with Gasteiger partial charge in [0.1, 0.15) is 0 Å². The average Bonchev–Trinajstić information content (AvgIpc) is 3.06. The first-order valence-electron chi connectivity index (χ1n) is 8.08. The zero-order chi connectivity index (χ0) is 15.4. The fourth-order valence-corrected chi connectivity index (χ4v) is 3.13. The molecule has 2 amide bonds. The van der Waals surface area contributed by atoms with Crippen LogP contribution in [0, 0.1) is 0 Å². The third-order valence-corrected chi connectivity index (χ3v) is 4.45. The molecule has 0 N–H and O–H groups in total. The molecule has 5 heteroatoms. The van der Waals surface area contributed by atoms with E-state index in [0.717, 1.165) is 13.1 Å². The van der Waals surface area contributed by atoms with Crippen LogP contribution in [-0.4, -0.2) is 65.9 Å². The van der Waals surface area contributed by atoms with E-state index in [9.17, 15) is 9.59 Å². The Hall–Kier alpha value is -1.88. The van der Waals surface area contributed by atoms with Crippen molar-refractivity contribution >= 4 is 11.8 Å². The molecule has 0 radical (unpaired) electrons. The summed E-state index contributed by atoms with van der Waals surface area (Å²) < 4.78 is 0. The molecule has 0 spiro atoms. The highest BCUT2D eigenvalue weighted by Crippen LogP contribution is 2.13. The van der Waals surface area contributed by atoms with Crippen molar-refractivity contribution in [1.82, 2.24) is 14.7 Å². The molecule has 2 saturated heterocycles. The summed E-state index contributed by atoms with van der Waals surface area (Å²) >= 11 is 0. The number of hydrogen-bond donors (Lipinski definition) is 0. The summed E-state index contributed by atoms with van der Waals surface area (Å²) in [5.74, 6) is 0.152. The average molecular weight is 301 g/mol. The fraction of sp³-hybridized carbons (Fsp3) is 0.529. The van der Waals surface area contributed by atoms with Crippen LogP contribution in [0.1, 0.15) is 29.6 Å². The fourth-order valence-electron chi connectivity index (χ4n) is 3.13. The highest BCUT2D eigenvalue weighted by atomic mass is 16.2. The predicted molar refractivity (Wildman–Crippen MR) is 84.3 cm³/mol. The molecule has 5 nitrogen and oxygen atoms in total. The predicted octanol–water partition coefficient (Wildman–Crippen LogP) is 1.41. The maximum atomic E-state index is 12.4. The molecular weight excluding hydrogens is 278 g/mol. The Morgan fingerprint density at radius 1 is 0.864 bits per heavy atom. The Morgan fingerprint density at radius 2 is 1.55 bits per heavy atom. The molecule has 118 valence electrons. The van der Waals surface area contributed by atoms with Crippen LogP contribution in [0.25, 0.3) is 0 Å². The lowest BCUT2D eigenvalue weighted by molar-refractivity contribution is -0.132. The molecule has 1 aromatic carbocycles. The number of rotatable bonds is 3. The van der Waals surface area contributed by atoms with Crippen LogP contribution in [0.3, 0.4) is 0 Å². The third-order valence-electron chi connectivity index (χ3n) is 4.45. The first kappa shape index (κ1) is 15.0. The van der Waals surface area contributed by atoms with Crippen molar-refractivity contribution in [3.63, 3.8) is 0 Å². The quantitative estimate of drug-likeness (QED) is 0.848. The second kappa shape index (κ2) is 6.92. The minimum absolute atomic E-state index is 0.00822. The molecule has 0 aliphatic carbocycles. The molecule has 2 aliphatic heterocycles. The Bertz CT molecular complexity index is 526. The highest BCUT2D eigenvalue weighted by molar-refractivity contribution is 5.94. The van der Waals surface area contributed by atoms with Crippen LogP contribution in [0.15, 0.2) is 30.3 Å². The molecule has 0 saturated carbocycles. The third kappa shape index (κ3) is 3.47. The molecule has 0 bridgehead atoms. The van der Waals surface area contributed by atoms with Crippen molar-refractivity contribution in [3.05, 3.63) is 35.9 Å². The van der Waals surface area contributed by atoms with Gasteiger partial charge in [-0.2, -0.15) is 0 Å². The SMILES string of the molecule is O=C(CN1CCCCC1)N1CCN(C(=O)c2ccccc2)C1. The summed E-state index contributed by atoms with van der Waals surface area (Å²) in [5, 5.41) is 0. The minimum Gasteiger partial charge on any atom is -0.322 e. The van der Waals surface area contributed by atoms with Gasteiger partial charge in [0.05, 0.1) is 13.2 Å². The van der Waals surface area contributed by atoms with Gasteiger partial charge < -0.3 is 9.80 Å². The van der Waals surface area contributed by atoms with E-state index in [1.165, 1.54) is 19.3 Å². The number of hydrogen-bond acceptors (Lipinski definition) is 3. The molecule has 22 heavy (non-hydrogen) atoms. The zero-order valence-electron chi connectivity index (χ0n) is 12.9. The van der Waals surface area contributed by atoms with Crippen molar-refractivity contribution in [1.29, 1.82) is 0 Å². The molecule has 1 aromatic rings. The molecule has 3 rings (SSSR count). The summed E-state index contributed by atoms with van der Waals surface area (Å²) in [7, 11) is 0. The van der Waals surface area contributed by atoms with Crippen LogP contribution >= 0.6 is 0 Å². The van der Waals surface area contributed by atoms with E-state index in [-0.39, 0.29) is 11.8 Å². The maximum Gasteiger partial charge on any atom is 0.255 e. The Morgan fingerprint density at radius 3 is 2.27 bits per heavy atom. The lowest BCUT2D eigenvalue weighted by Crippen LogP contribution is -2.42. The first-order chi connectivity index (χ1) is 10.7. The normalized spacial score (nSPS) is 19.5. The van der Waals surface area contributed by atoms with Crippen molar-refractivity contribution in [3.8, 4) is 0 Å². The van der Waals surface area contributed by atoms with E-state index >= 15 is 0 Å². The number of amides is 2. The molecule has 2 aliphatic rings. The summed E-state index contributed by atoms with van der Waals surface area (Å²) in [4.78, 5) is 30.5. The smallest absolute Gasteiger partial charge is 0.255 e. The summed E-state index contributed by atoms with van der Waals surface area (Å²) in [6.07, 6.45) is 3.64. The number of likely N-dealkylation sites (tertiary alicyclic amines) is 1. The largest absolute Gasteiger partial charge is 0.322 e. The van der Waals surface area contributed by atoms with Crippen molar-refractivity contribution in [2.24, 2.45) is 0 Å². The number of piperidine rings is 1. The first-order valence-corrected chi connectivity index (χ1v) is 8.08. The van der Waals surface area contributed by atoms with E-state index in [1.807, 2.05) is 30.3 Å². The van der Waals surface area contributed by atoms with Crippen molar-refractivity contribution in [2.75, 3.05) is 39.4 Å². The van der Waals surface area contributed by atoms with Gasteiger partial charge in [0.2, 0.25) is 5.91 Å². The van der Waals surface area contributed by atoms with Gasteiger partial charge in [0, 0.05) is 18.7 Å². The van der Waals surface area contributed by atoms with Gasteiger partial charge in [0.25, 0.3) is 5.91 Å². The number of benzene rings is 1. The van der Waals surface area contributed by atoms with Gasteiger partial charge in [-0.25, -0.2) is 0 Å². The van der Waals surface area contributed by atoms with E-state index < -0.39 is 0 Å². The topological polar surface area (TPSA) is 43.9 Å². The zero-order valence-corrected chi connectivity index (χ0v) is 12.9. The molecule has 2 fully saturated rings.